The van der Waals surface area contributed by atoms with Gasteiger partial charge in [0.15, 0.2) is 0 Å². The van der Waals surface area contributed by atoms with E-state index in [4.69, 9.17) is 0 Å². The van der Waals surface area contributed by atoms with Crippen LogP contribution in [0.25, 0.3) is 81.7 Å². The van der Waals surface area contributed by atoms with E-state index in [2.05, 4.69) is 0 Å². The first-order valence-electron chi connectivity index (χ1n) is 16.2. The standard InChI is InChI=1S/C42H21N3O6/c46-37-31-18-22-16-27-28-20-33-34(40(49)44(39(33)48)25-12-6-2-7-13-25)21-30(28)36-35(41(50)45(42(36)51)26-14-8-3-9-15-26)29(27)17-23(22)19-32(31)38(47)43(37)24-10-4-1-5-11-24/h1-21H. The quantitative estimate of drug-likeness (QED) is 0.183. The molecule has 0 aliphatic rings. The Bertz CT molecular complexity index is 3470. The molecule has 0 N–H and O–H groups in total. The molecular formula is C42H21N3O6. The van der Waals surface area contributed by atoms with E-state index in [-0.39, 0.29) is 32.3 Å². The highest BCUT2D eigenvalue weighted by atomic mass is 16.2. The Morgan fingerprint density at radius 3 is 0.961 bits per heavy atom. The Morgan fingerprint density at radius 2 is 0.549 bits per heavy atom. The van der Waals surface area contributed by atoms with Gasteiger partial charge in [-0.15, -0.1) is 0 Å². The van der Waals surface area contributed by atoms with Crippen molar-refractivity contribution in [2.75, 3.05) is 0 Å². The lowest BCUT2D eigenvalue weighted by atomic mass is 9.92. The minimum atomic E-state index is -0.557. The fourth-order valence-electron chi connectivity index (χ4n) is 7.65. The monoisotopic (exact) mass is 663 g/mol. The molecule has 0 unspecified atom stereocenters. The van der Waals surface area contributed by atoms with Crippen LogP contribution in [0.1, 0.15) is 0 Å². The molecule has 7 aromatic carbocycles. The van der Waals surface area contributed by atoms with Crippen LogP contribution in [0.4, 0.5) is 0 Å². The van der Waals surface area contributed by atoms with Crippen LogP contribution >= 0.6 is 0 Å². The van der Waals surface area contributed by atoms with Gasteiger partial charge >= 0.3 is 0 Å². The second-order valence-corrected chi connectivity index (χ2v) is 12.7. The van der Waals surface area contributed by atoms with Crippen LogP contribution in [-0.2, 0) is 0 Å². The fourth-order valence-corrected chi connectivity index (χ4v) is 7.65. The van der Waals surface area contributed by atoms with E-state index in [1.807, 2.05) is 6.07 Å². The second-order valence-electron chi connectivity index (χ2n) is 12.7. The van der Waals surface area contributed by atoms with Crippen LogP contribution < -0.4 is 33.4 Å². The molecule has 0 saturated carbocycles. The van der Waals surface area contributed by atoms with Gasteiger partial charge in [-0.3, -0.25) is 28.8 Å². The summed E-state index contributed by atoms with van der Waals surface area (Å²) in [6.07, 6.45) is 0. The van der Waals surface area contributed by atoms with Crippen LogP contribution in [0.2, 0.25) is 0 Å². The molecule has 10 rings (SSSR count). The molecule has 3 aromatic heterocycles. The normalized spacial score (nSPS) is 12.0. The first-order chi connectivity index (χ1) is 24.8. The molecule has 240 valence electrons. The summed E-state index contributed by atoms with van der Waals surface area (Å²) in [4.78, 5) is 83.5. The first-order valence-corrected chi connectivity index (χ1v) is 16.2. The van der Waals surface area contributed by atoms with E-state index < -0.39 is 33.4 Å². The molecule has 9 nitrogen and oxygen atoms in total. The number of fused-ring (bicyclic) bond motifs is 9. The molecule has 0 fully saturated rings. The van der Waals surface area contributed by atoms with Crippen molar-refractivity contribution in [3.8, 4) is 17.1 Å². The van der Waals surface area contributed by atoms with Crippen molar-refractivity contribution >= 4 is 64.6 Å². The van der Waals surface area contributed by atoms with Crippen LogP contribution in [0.5, 0.6) is 0 Å². The van der Waals surface area contributed by atoms with Gasteiger partial charge in [0.1, 0.15) is 0 Å². The first kappa shape index (κ1) is 28.7. The molecule has 0 saturated heterocycles. The molecule has 3 heterocycles. The van der Waals surface area contributed by atoms with Crippen molar-refractivity contribution in [2.45, 2.75) is 0 Å². The molecule has 0 radical (unpaired) electrons. The smallest absolute Gasteiger partial charge is 0.266 e. The Kier molecular flexibility index (Phi) is 5.71. The number of hydrogen-bond donors (Lipinski definition) is 0. The molecule has 0 aliphatic heterocycles. The minimum absolute atomic E-state index is 0.120. The van der Waals surface area contributed by atoms with Gasteiger partial charge in [-0.05, 0) is 105 Å². The van der Waals surface area contributed by atoms with Gasteiger partial charge in [0.2, 0.25) is 0 Å². The van der Waals surface area contributed by atoms with Gasteiger partial charge in [0.05, 0.1) is 49.4 Å². The number of para-hydroxylation sites is 3. The van der Waals surface area contributed by atoms with Crippen molar-refractivity contribution in [3.63, 3.8) is 0 Å². The van der Waals surface area contributed by atoms with E-state index in [1.165, 1.54) is 0 Å². The average Bonchev–Trinajstić information content (AvgIpc) is 3.67. The molecule has 0 bridgehead atoms. The molecule has 10 aromatic rings. The third kappa shape index (κ3) is 3.79. The van der Waals surface area contributed by atoms with Crippen LogP contribution in [-0.4, -0.2) is 13.7 Å². The Labute approximate surface area is 284 Å². The van der Waals surface area contributed by atoms with Gasteiger partial charge in [-0.2, -0.15) is 0 Å². The Morgan fingerprint density at radius 1 is 0.275 bits per heavy atom. The SMILES string of the molecule is O=c1c2cc3cc4c5cc6c(=O)n(-c7ccccc7)c(=O)c6cc5c5c(=O)n(-c6ccccc6)c(=O)c5c4cc3cc2c(=O)n1-c1ccccc1. The van der Waals surface area contributed by atoms with Crippen LogP contribution in [0.15, 0.2) is 156 Å². The summed E-state index contributed by atoms with van der Waals surface area (Å²) in [5.41, 5.74) is -1.81. The zero-order chi connectivity index (χ0) is 34.7. The number of aromatic nitrogens is 3. The summed E-state index contributed by atoms with van der Waals surface area (Å²) in [6.45, 7) is 0. The van der Waals surface area contributed by atoms with Crippen molar-refractivity contribution in [3.05, 3.63) is 190 Å². The third-order valence-electron chi connectivity index (χ3n) is 9.96. The van der Waals surface area contributed by atoms with Gasteiger partial charge < -0.3 is 0 Å². The van der Waals surface area contributed by atoms with Crippen molar-refractivity contribution in [1.82, 2.24) is 13.7 Å². The third-order valence-corrected chi connectivity index (χ3v) is 9.96. The zero-order valence-electron chi connectivity index (χ0n) is 26.4. The summed E-state index contributed by atoms with van der Waals surface area (Å²) in [5, 5.41) is 4.06. The summed E-state index contributed by atoms with van der Waals surface area (Å²) >= 11 is 0. The van der Waals surface area contributed by atoms with E-state index in [1.54, 1.807) is 121 Å². The minimum Gasteiger partial charge on any atom is -0.268 e. The molecular weight excluding hydrogens is 642 g/mol. The van der Waals surface area contributed by atoms with E-state index in [9.17, 15) is 28.8 Å². The van der Waals surface area contributed by atoms with E-state index in [0.29, 0.717) is 49.4 Å². The molecule has 51 heavy (non-hydrogen) atoms. The summed E-state index contributed by atoms with van der Waals surface area (Å²) in [6, 6.07) is 35.9. The van der Waals surface area contributed by atoms with Crippen molar-refractivity contribution in [2.24, 2.45) is 0 Å². The highest BCUT2D eigenvalue weighted by molar-refractivity contribution is 6.29. The summed E-state index contributed by atoms with van der Waals surface area (Å²) in [5.74, 6) is 0. The van der Waals surface area contributed by atoms with Gasteiger partial charge in [0.25, 0.3) is 33.4 Å². The molecule has 0 spiro atoms. The summed E-state index contributed by atoms with van der Waals surface area (Å²) in [7, 11) is 0. The number of hydrogen-bond acceptors (Lipinski definition) is 6. The lowest BCUT2D eigenvalue weighted by Gasteiger charge is -2.09. The highest BCUT2D eigenvalue weighted by Gasteiger charge is 2.24. The van der Waals surface area contributed by atoms with Crippen LogP contribution in [0, 0.1) is 0 Å². The Hall–Kier alpha value is -7.26. The number of rotatable bonds is 3. The van der Waals surface area contributed by atoms with Crippen molar-refractivity contribution in [1.29, 1.82) is 0 Å². The largest absolute Gasteiger partial charge is 0.268 e. The lowest BCUT2D eigenvalue weighted by molar-refractivity contribution is 0.991. The highest BCUT2D eigenvalue weighted by Crippen LogP contribution is 2.37. The maximum absolute atomic E-state index is 14.3. The van der Waals surface area contributed by atoms with E-state index >= 15 is 0 Å². The number of nitrogens with zero attached hydrogens (tertiary/aromatic N) is 3. The zero-order valence-corrected chi connectivity index (χ0v) is 26.4. The fraction of sp³-hybridized carbons (Fsp3) is 0. The van der Waals surface area contributed by atoms with Crippen molar-refractivity contribution < 1.29 is 0 Å². The summed E-state index contributed by atoms with van der Waals surface area (Å²) < 4.78 is 3.36. The van der Waals surface area contributed by atoms with Gasteiger partial charge in [-0.25, -0.2) is 13.7 Å². The Balaban J connectivity index is 1.40. The molecule has 0 atom stereocenters. The predicted octanol–water partition coefficient (Wildman–Crippen LogP) is 5.45. The maximum atomic E-state index is 14.3. The average molecular weight is 664 g/mol. The molecule has 9 heteroatoms. The second kappa shape index (κ2) is 10.1. The predicted molar refractivity (Wildman–Crippen MR) is 201 cm³/mol. The van der Waals surface area contributed by atoms with E-state index in [0.717, 1.165) is 13.7 Å². The molecule has 0 amide bonds. The van der Waals surface area contributed by atoms with Crippen LogP contribution in [0.3, 0.4) is 0 Å². The van der Waals surface area contributed by atoms with Gasteiger partial charge in [-0.1, -0.05) is 54.6 Å². The van der Waals surface area contributed by atoms with Gasteiger partial charge in [0, 0.05) is 0 Å². The lowest BCUT2D eigenvalue weighted by Crippen LogP contribution is -2.23. The maximum Gasteiger partial charge on any atom is 0.266 e. The topological polar surface area (TPSA) is 117 Å². The molecule has 0 aliphatic carbocycles. The number of benzene rings is 7.